The maximum Gasteiger partial charge on any atom is 0.243 e. The molecule has 0 unspecified atom stereocenters. The molecule has 180 valence electrons. The number of nitrogens with zero attached hydrogens (tertiary/aromatic N) is 5. The minimum Gasteiger partial charge on any atom is -0.388 e. The van der Waals surface area contributed by atoms with Gasteiger partial charge in [-0.2, -0.15) is 0 Å². The highest BCUT2D eigenvalue weighted by Gasteiger charge is 2.55. The molecule has 2 aromatic heterocycles. The van der Waals surface area contributed by atoms with Crippen LogP contribution in [0.2, 0.25) is 0 Å². The van der Waals surface area contributed by atoms with Gasteiger partial charge >= 0.3 is 0 Å². The summed E-state index contributed by atoms with van der Waals surface area (Å²) in [4.78, 5) is 33.8. The van der Waals surface area contributed by atoms with Crippen LogP contribution in [-0.2, 0) is 21.6 Å². The molecule has 4 heterocycles. The van der Waals surface area contributed by atoms with Crippen LogP contribution in [0.15, 0.2) is 18.5 Å². The van der Waals surface area contributed by atoms with E-state index in [1.807, 2.05) is 13.8 Å². The zero-order chi connectivity index (χ0) is 24.3. The van der Waals surface area contributed by atoms with Crippen LogP contribution in [0, 0.1) is 0 Å². The van der Waals surface area contributed by atoms with Crippen molar-refractivity contribution in [1.29, 1.82) is 0 Å². The molecule has 2 aliphatic heterocycles. The predicted octanol–water partition coefficient (Wildman–Crippen LogP) is 3.65. The quantitative estimate of drug-likeness (QED) is 0.705. The van der Waals surface area contributed by atoms with Gasteiger partial charge in [-0.25, -0.2) is 19.9 Å². The average Bonchev–Trinajstić information content (AvgIpc) is 3.36. The van der Waals surface area contributed by atoms with Gasteiger partial charge in [0.05, 0.1) is 40.3 Å². The Labute approximate surface area is 199 Å². The van der Waals surface area contributed by atoms with Crippen LogP contribution < -0.4 is 10.2 Å². The zero-order valence-corrected chi connectivity index (χ0v) is 20.5. The molecule has 1 aliphatic carbocycles. The van der Waals surface area contributed by atoms with E-state index in [4.69, 9.17) is 4.74 Å². The van der Waals surface area contributed by atoms with Crippen LogP contribution in [0.4, 0.5) is 17.3 Å². The van der Waals surface area contributed by atoms with Gasteiger partial charge in [0.2, 0.25) is 5.91 Å². The molecule has 1 fully saturated rings. The van der Waals surface area contributed by atoms with E-state index in [0.717, 1.165) is 36.8 Å². The second-order valence-corrected chi connectivity index (χ2v) is 10.6. The van der Waals surface area contributed by atoms with Crippen LogP contribution in [-0.4, -0.2) is 49.2 Å². The molecule has 3 aliphatic rings. The lowest BCUT2D eigenvalue weighted by atomic mass is 9.80. The summed E-state index contributed by atoms with van der Waals surface area (Å²) in [5.74, 6) is 1.99. The fraction of sp³-hybridized carbons (Fsp3) is 0.560. The molecule has 34 heavy (non-hydrogen) atoms. The third kappa shape index (κ3) is 3.58. The van der Waals surface area contributed by atoms with E-state index in [1.165, 1.54) is 0 Å². The molecule has 5 rings (SSSR count). The predicted molar refractivity (Wildman–Crippen MR) is 129 cm³/mol. The van der Waals surface area contributed by atoms with Crippen LogP contribution in [0.3, 0.4) is 0 Å². The summed E-state index contributed by atoms with van der Waals surface area (Å²) >= 11 is 0. The van der Waals surface area contributed by atoms with Crippen molar-refractivity contribution in [2.24, 2.45) is 0 Å². The molecule has 0 bridgehead atoms. The lowest BCUT2D eigenvalue weighted by Crippen LogP contribution is -2.39. The molecule has 1 saturated carbocycles. The number of aliphatic hydroxyl groups is 1. The Kier molecular flexibility index (Phi) is 5.25. The van der Waals surface area contributed by atoms with Crippen LogP contribution in [0.25, 0.3) is 5.57 Å². The third-order valence-electron chi connectivity index (χ3n) is 6.94. The molecule has 0 radical (unpaired) electrons. The van der Waals surface area contributed by atoms with E-state index in [-0.39, 0.29) is 23.9 Å². The minimum atomic E-state index is -0.655. The first-order chi connectivity index (χ1) is 16.1. The van der Waals surface area contributed by atoms with E-state index < -0.39 is 11.0 Å². The number of amides is 1. The van der Waals surface area contributed by atoms with E-state index in [1.54, 1.807) is 24.3 Å². The summed E-state index contributed by atoms with van der Waals surface area (Å²) in [6.07, 6.45) is 9.59. The fourth-order valence-corrected chi connectivity index (χ4v) is 5.90. The molecule has 0 atom stereocenters. The highest BCUT2D eigenvalue weighted by atomic mass is 16.5. The molecule has 2 N–H and O–H groups in total. The molecule has 0 aromatic carbocycles. The highest BCUT2D eigenvalue weighted by Crippen LogP contribution is 2.54. The summed E-state index contributed by atoms with van der Waals surface area (Å²) in [7, 11) is 1.78. The van der Waals surface area contributed by atoms with Gasteiger partial charge in [-0.15, -0.1) is 0 Å². The number of hydrogen-bond acceptors (Lipinski definition) is 8. The van der Waals surface area contributed by atoms with E-state index in [2.05, 4.69) is 45.2 Å². The first kappa shape index (κ1) is 22.9. The highest BCUT2D eigenvalue weighted by molar-refractivity contribution is 6.13. The molecule has 9 heteroatoms. The summed E-state index contributed by atoms with van der Waals surface area (Å²) in [6, 6.07) is 0. The number of hydrogen-bond donors (Lipinski definition) is 2. The largest absolute Gasteiger partial charge is 0.388 e. The number of anilines is 3. The molecule has 1 spiro atoms. The van der Waals surface area contributed by atoms with Gasteiger partial charge in [-0.05, 0) is 52.2 Å². The van der Waals surface area contributed by atoms with Gasteiger partial charge in [-0.3, -0.25) is 9.69 Å². The van der Waals surface area contributed by atoms with Gasteiger partial charge < -0.3 is 15.2 Å². The fourth-order valence-electron chi connectivity index (χ4n) is 5.90. The monoisotopic (exact) mass is 464 g/mol. The number of aliphatic hydroxyl groups excluding tert-OH is 1. The standard InChI is InChI=1S/C25H32N6O3/c1-23(2)10-15(11-24(3,4)34-23)19-27-12-16(13-28-19)31-21-18(20(26-5)29-17(14-32)30-21)25(22(31)33)8-6-7-9-25/h10,12-13,32H,6-9,11,14H2,1-5H3,(H,26,29,30). The second kappa shape index (κ2) is 7.81. The van der Waals surface area contributed by atoms with Crippen molar-refractivity contribution in [3.63, 3.8) is 0 Å². The zero-order valence-electron chi connectivity index (χ0n) is 20.5. The summed E-state index contributed by atoms with van der Waals surface area (Å²) in [5.41, 5.74) is 1.01. The Balaban J connectivity index is 1.58. The Morgan fingerprint density at radius 1 is 1.12 bits per heavy atom. The third-order valence-corrected chi connectivity index (χ3v) is 6.94. The van der Waals surface area contributed by atoms with Crippen molar-refractivity contribution in [2.75, 3.05) is 17.3 Å². The van der Waals surface area contributed by atoms with Gasteiger partial charge in [0.25, 0.3) is 0 Å². The second-order valence-electron chi connectivity index (χ2n) is 10.6. The number of rotatable bonds is 4. The van der Waals surface area contributed by atoms with Gasteiger partial charge in [0, 0.05) is 13.5 Å². The van der Waals surface area contributed by atoms with Crippen molar-refractivity contribution >= 4 is 28.8 Å². The molecular weight excluding hydrogens is 432 g/mol. The summed E-state index contributed by atoms with van der Waals surface area (Å²) < 4.78 is 6.14. The smallest absolute Gasteiger partial charge is 0.243 e. The Bertz CT molecular complexity index is 1170. The van der Waals surface area contributed by atoms with Crippen LogP contribution >= 0.6 is 0 Å². The number of fused-ring (bicyclic) bond motifs is 2. The number of nitrogens with one attached hydrogen (secondary N) is 1. The van der Waals surface area contributed by atoms with Gasteiger partial charge in [-0.1, -0.05) is 12.8 Å². The maximum atomic E-state index is 13.9. The van der Waals surface area contributed by atoms with Crippen LogP contribution in [0.1, 0.15) is 77.0 Å². The summed E-state index contributed by atoms with van der Waals surface area (Å²) in [5, 5.41) is 12.9. The SMILES string of the molecule is CNc1nc(CO)nc2c1C1(CCCC1)C(=O)N2c1cnc(C2=CC(C)(C)OC(C)(C)C2)nc1. The lowest BCUT2D eigenvalue weighted by molar-refractivity contribution is -0.122. The van der Waals surface area contributed by atoms with Crippen LogP contribution in [0.5, 0.6) is 0 Å². The lowest BCUT2D eigenvalue weighted by Gasteiger charge is -2.39. The normalized spacial score (nSPS) is 22.1. The topological polar surface area (TPSA) is 113 Å². The number of ether oxygens (including phenoxy) is 1. The molecule has 2 aromatic rings. The molecule has 0 saturated heterocycles. The molecule has 9 nitrogen and oxygen atoms in total. The number of carbonyl (C=O) groups excluding carboxylic acids is 1. The van der Waals surface area contributed by atoms with Gasteiger partial charge in [0.1, 0.15) is 18.2 Å². The maximum absolute atomic E-state index is 13.9. The van der Waals surface area contributed by atoms with E-state index in [9.17, 15) is 9.90 Å². The molecular formula is C25H32N6O3. The van der Waals surface area contributed by atoms with Crippen molar-refractivity contribution in [1.82, 2.24) is 19.9 Å². The number of carbonyl (C=O) groups is 1. The first-order valence-corrected chi connectivity index (χ1v) is 11.9. The van der Waals surface area contributed by atoms with E-state index in [0.29, 0.717) is 29.6 Å². The summed E-state index contributed by atoms with van der Waals surface area (Å²) in [6.45, 7) is 7.87. The minimum absolute atomic E-state index is 0.0233. The van der Waals surface area contributed by atoms with Crippen molar-refractivity contribution in [2.45, 2.75) is 83.0 Å². The van der Waals surface area contributed by atoms with E-state index >= 15 is 0 Å². The Morgan fingerprint density at radius 2 is 1.79 bits per heavy atom. The average molecular weight is 465 g/mol. The molecule has 1 amide bonds. The number of aromatic nitrogens is 4. The van der Waals surface area contributed by atoms with Crippen molar-refractivity contribution < 1.29 is 14.6 Å². The van der Waals surface area contributed by atoms with Gasteiger partial charge in [0.15, 0.2) is 11.6 Å². The van der Waals surface area contributed by atoms with Crippen molar-refractivity contribution in [3.8, 4) is 0 Å². The Morgan fingerprint density at radius 3 is 2.38 bits per heavy atom. The van der Waals surface area contributed by atoms with Crippen molar-refractivity contribution in [3.05, 3.63) is 35.7 Å². The Hall–Kier alpha value is -2.91. The first-order valence-electron chi connectivity index (χ1n) is 11.9.